The molecular formula is C7H5ClF2O. The van der Waals surface area contributed by atoms with E-state index < -0.39 is 16.7 Å². The van der Waals surface area contributed by atoms with Gasteiger partial charge in [0.2, 0.25) is 5.67 Å². The average Bonchev–Trinajstić information content (AvgIpc) is 1.86. The zero-order valence-corrected chi connectivity index (χ0v) is 6.24. The molecule has 0 aromatic carbocycles. The first-order valence-electron chi connectivity index (χ1n) is 2.98. The van der Waals surface area contributed by atoms with Crippen LogP contribution in [0.2, 0.25) is 0 Å². The lowest BCUT2D eigenvalue weighted by Crippen LogP contribution is -2.28. The molecule has 60 valence electrons. The van der Waals surface area contributed by atoms with E-state index >= 15 is 0 Å². The molecule has 0 heterocycles. The molecule has 0 spiro atoms. The molecule has 1 aliphatic rings. The van der Waals surface area contributed by atoms with Crippen LogP contribution in [-0.2, 0) is 4.79 Å². The first-order valence-corrected chi connectivity index (χ1v) is 3.36. The highest BCUT2D eigenvalue weighted by atomic mass is 35.5. The van der Waals surface area contributed by atoms with E-state index in [9.17, 15) is 13.6 Å². The van der Waals surface area contributed by atoms with Gasteiger partial charge < -0.3 is 0 Å². The first-order chi connectivity index (χ1) is 5.04. The summed E-state index contributed by atoms with van der Waals surface area (Å²) >= 11 is 4.90. The second-order valence-corrected chi connectivity index (χ2v) is 2.62. The van der Waals surface area contributed by atoms with Crippen molar-refractivity contribution < 1.29 is 13.6 Å². The maximum absolute atomic E-state index is 13.1. The fraction of sp³-hybridized carbons (Fsp3) is 0.286. The molecule has 0 amide bonds. The summed E-state index contributed by atoms with van der Waals surface area (Å²) in [7, 11) is 0. The Bertz CT molecular complexity index is 247. The van der Waals surface area contributed by atoms with Gasteiger partial charge in [0.05, 0.1) is 0 Å². The summed E-state index contributed by atoms with van der Waals surface area (Å²) in [6.07, 6.45) is 2.72. The van der Waals surface area contributed by atoms with Crippen LogP contribution >= 0.6 is 11.6 Å². The molecule has 0 aromatic rings. The maximum atomic E-state index is 13.1. The number of carbonyl (C=O) groups is 1. The van der Waals surface area contributed by atoms with Crippen LogP contribution in [-0.4, -0.2) is 10.9 Å². The van der Waals surface area contributed by atoms with Crippen LogP contribution in [0.1, 0.15) is 6.42 Å². The van der Waals surface area contributed by atoms with E-state index in [1.807, 2.05) is 0 Å². The molecule has 4 heteroatoms. The monoisotopic (exact) mass is 178 g/mol. The summed E-state index contributed by atoms with van der Waals surface area (Å²) in [5.41, 5.74) is -2.35. The number of halogens is 3. The number of rotatable bonds is 1. The molecule has 0 saturated carbocycles. The standard InChI is InChI=1S/C7H5ClF2O/c8-6(11)7(10)3-1-2-5(9)4-7/h1-2,4H,3H2. The molecule has 1 atom stereocenters. The maximum Gasteiger partial charge on any atom is 0.263 e. The molecule has 1 nitrogen and oxygen atoms in total. The van der Waals surface area contributed by atoms with E-state index in [4.69, 9.17) is 11.6 Å². The molecule has 1 unspecified atom stereocenters. The lowest BCUT2D eigenvalue weighted by Gasteiger charge is -2.16. The Morgan fingerprint density at radius 1 is 1.73 bits per heavy atom. The summed E-state index contributed by atoms with van der Waals surface area (Å²) in [6.45, 7) is 0. The van der Waals surface area contributed by atoms with Crippen molar-refractivity contribution in [3.63, 3.8) is 0 Å². The molecule has 0 N–H and O–H groups in total. The third-order valence-corrected chi connectivity index (χ3v) is 1.70. The second kappa shape index (κ2) is 2.74. The van der Waals surface area contributed by atoms with E-state index in [0.717, 1.165) is 6.08 Å². The van der Waals surface area contributed by atoms with Crippen LogP contribution in [0.5, 0.6) is 0 Å². The minimum absolute atomic E-state index is 0.192. The highest BCUT2D eigenvalue weighted by molar-refractivity contribution is 6.65. The highest BCUT2D eigenvalue weighted by Crippen LogP contribution is 2.28. The zero-order chi connectivity index (χ0) is 8.48. The summed E-state index contributed by atoms with van der Waals surface area (Å²) in [5.74, 6) is -0.771. The Morgan fingerprint density at radius 2 is 2.36 bits per heavy atom. The van der Waals surface area contributed by atoms with Gasteiger partial charge >= 0.3 is 0 Å². The molecule has 0 aliphatic heterocycles. The lowest BCUT2D eigenvalue weighted by atomic mass is 9.99. The van der Waals surface area contributed by atoms with Gasteiger partial charge in [-0.3, -0.25) is 4.79 Å². The van der Waals surface area contributed by atoms with Crippen molar-refractivity contribution in [1.29, 1.82) is 0 Å². The SMILES string of the molecule is O=C(Cl)C1(F)C=C(F)C=CC1. The molecule has 0 saturated heterocycles. The summed E-state index contributed by atoms with van der Waals surface area (Å²) in [5, 5.41) is -1.18. The Morgan fingerprint density at radius 3 is 2.73 bits per heavy atom. The lowest BCUT2D eigenvalue weighted by molar-refractivity contribution is -0.119. The summed E-state index contributed by atoms with van der Waals surface area (Å²) in [4.78, 5) is 10.4. The Labute approximate surface area is 67.3 Å². The van der Waals surface area contributed by atoms with Crippen LogP contribution < -0.4 is 0 Å². The van der Waals surface area contributed by atoms with Crippen molar-refractivity contribution in [2.75, 3.05) is 0 Å². The number of allylic oxidation sites excluding steroid dienone is 4. The van der Waals surface area contributed by atoms with Gasteiger partial charge in [0, 0.05) is 6.42 Å². The van der Waals surface area contributed by atoms with E-state index in [1.54, 1.807) is 0 Å². The second-order valence-electron chi connectivity index (χ2n) is 2.27. The van der Waals surface area contributed by atoms with Crippen molar-refractivity contribution in [3.8, 4) is 0 Å². The Kier molecular flexibility index (Phi) is 2.09. The molecule has 1 aliphatic carbocycles. The van der Waals surface area contributed by atoms with Crippen molar-refractivity contribution in [2.24, 2.45) is 0 Å². The minimum Gasteiger partial charge on any atom is -0.277 e. The fourth-order valence-corrected chi connectivity index (χ4v) is 0.937. The Balaban J connectivity index is 2.92. The summed E-state index contributed by atoms with van der Waals surface area (Å²) < 4.78 is 25.5. The van der Waals surface area contributed by atoms with Crippen LogP contribution in [0.4, 0.5) is 8.78 Å². The van der Waals surface area contributed by atoms with Gasteiger partial charge in [0.25, 0.3) is 5.24 Å². The third kappa shape index (κ3) is 1.66. The smallest absolute Gasteiger partial charge is 0.263 e. The van der Waals surface area contributed by atoms with Gasteiger partial charge in [-0.25, -0.2) is 8.78 Å². The minimum atomic E-state index is -2.35. The van der Waals surface area contributed by atoms with Gasteiger partial charge in [-0.2, -0.15) is 0 Å². The molecule has 0 bridgehead atoms. The van der Waals surface area contributed by atoms with Crippen molar-refractivity contribution in [3.05, 3.63) is 24.1 Å². The van der Waals surface area contributed by atoms with E-state index in [2.05, 4.69) is 0 Å². The topological polar surface area (TPSA) is 17.1 Å². The predicted octanol–water partition coefficient (Wildman–Crippen LogP) is 2.27. The highest BCUT2D eigenvalue weighted by Gasteiger charge is 2.35. The average molecular weight is 179 g/mol. The first kappa shape index (κ1) is 8.40. The number of carbonyl (C=O) groups excluding carboxylic acids is 1. The Hall–Kier alpha value is -0.700. The van der Waals surface area contributed by atoms with E-state index in [1.165, 1.54) is 6.08 Å². The number of hydrogen-bond donors (Lipinski definition) is 0. The van der Waals surface area contributed by atoms with E-state index in [-0.39, 0.29) is 6.42 Å². The molecule has 0 radical (unpaired) electrons. The van der Waals surface area contributed by atoms with E-state index in [0.29, 0.717) is 6.08 Å². The van der Waals surface area contributed by atoms with Gasteiger partial charge in [-0.05, 0) is 23.8 Å². The quantitative estimate of drug-likeness (QED) is 0.563. The number of alkyl halides is 1. The zero-order valence-electron chi connectivity index (χ0n) is 5.48. The molecule has 11 heavy (non-hydrogen) atoms. The van der Waals surface area contributed by atoms with Crippen molar-refractivity contribution in [1.82, 2.24) is 0 Å². The molecule has 1 rings (SSSR count). The van der Waals surface area contributed by atoms with Gasteiger partial charge in [-0.15, -0.1) is 0 Å². The summed E-state index contributed by atoms with van der Waals surface area (Å²) in [6, 6.07) is 0. The van der Waals surface area contributed by atoms with Crippen molar-refractivity contribution >= 4 is 16.8 Å². The normalized spacial score (nSPS) is 29.9. The van der Waals surface area contributed by atoms with Crippen LogP contribution in [0.25, 0.3) is 0 Å². The largest absolute Gasteiger partial charge is 0.277 e. The fourth-order valence-electron chi connectivity index (χ4n) is 0.806. The van der Waals surface area contributed by atoms with Gasteiger partial charge in [0.15, 0.2) is 0 Å². The molecule has 0 fully saturated rings. The van der Waals surface area contributed by atoms with Crippen LogP contribution in [0, 0.1) is 0 Å². The third-order valence-electron chi connectivity index (χ3n) is 1.39. The number of hydrogen-bond acceptors (Lipinski definition) is 1. The molecule has 0 aromatic heterocycles. The molecular weight excluding hydrogens is 174 g/mol. The van der Waals surface area contributed by atoms with Crippen molar-refractivity contribution in [2.45, 2.75) is 12.1 Å². The predicted molar refractivity (Wildman–Crippen MR) is 37.6 cm³/mol. The van der Waals surface area contributed by atoms with Gasteiger partial charge in [0.1, 0.15) is 5.83 Å². The van der Waals surface area contributed by atoms with Crippen LogP contribution in [0.15, 0.2) is 24.1 Å². The van der Waals surface area contributed by atoms with Crippen LogP contribution in [0.3, 0.4) is 0 Å². The van der Waals surface area contributed by atoms with Gasteiger partial charge in [-0.1, -0.05) is 6.08 Å².